The lowest BCUT2D eigenvalue weighted by Crippen LogP contribution is -2.40. The Bertz CT molecular complexity index is 402. The first-order chi connectivity index (χ1) is 8.11. The average molecular weight is 279 g/mol. The third kappa shape index (κ3) is 5.03. The number of amides is 1. The molecule has 0 saturated carbocycles. The van der Waals surface area contributed by atoms with E-state index in [4.69, 9.17) is 0 Å². The van der Waals surface area contributed by atoms with Gasteiger partial charge in [0, 0.05) is 6.04 Å². The number of hydrogen-bond acceptors (Lipinski definition) is 5. The van der Waals surface area contributed by atoms with E-state index in [1.807, 2.05) is 0 Å². The van der Waals surface area contributed by atoms with Crippen molar-refractivity contribution in [3.05, 3.63) is 0 Å². The highest BCUT2D eigenvalue weighted by Crippen LogP contribution is 2.14. The van der Waals surface area contributed by atoms with Crippen LogP contribution in [-0.4, -0.2) is 44.4 Å². The molecule has 0 heterocycles. The monoisotopic (exact) mass is 279 g/mol. The van der Waals surface area contributed by atoms with Crippen molar-refractivity contribution < 1.29 is 22.7 Å². The minimum absolute atomic E-state index is 0.124. The van der Waals surface area contributed by atoms with Crippen LogP contribution in [0.3, 0.4) is 0 Å². The van der Waals surface area contributed by atoms with Crippen molar-refractivity contribution in [1.82, 2.24) is 5.32 Å². The molecule has 18 heavy (non-hydrogen) atoms. The predicted molar refractivity (Wildman–Crippen MR) is 67.7 cm³/mol. The van der Waals surface area contributed by atoms with Crippen LogP contribution in [0.25, 0.3) is 0 Å². The Morgan fingerprint density at radius 3 is 2.06 bits per heavy atom. The molecule has 0 aromatic carbocycles. The SMILES string of the molecule is COC(=O)C(C)C(C)S(=O)(=O)CC(=O)NC(C)C. The first-order valence-electron chi connectivity index (χ1n) is 5.70. The van der Waals surface area contributed by atoms with Gasteiger partial charge in [-0.15, -0.1) is 0 Å². The molecule has 0 aromatic heterocycles. The quantitative estimate of drug-likeness (QED) is 0.698. The van der Waals surface area contributed by atoms with Crippen molar-refractivity contribution in [1.29, 1.82) is 0 Å². The molecule has 0 aliphatic heterocycles. The van der Waals surface area contributed by atoms with Gasteiger partial charge in [0.2, 0.25) is 5.91 Å². The van der Waals surface area contributed by atoms with Crippen LogP contribution in [0.4, 0.5) is 0 Å². The van der Waals surface area contributed by atoms with Crippen LogP contribution in [0.15, 0.2) is 0 Å². The molecule has 0 radical (unpaired) electrons. The van der Waals surface area contributed by atoms with E-state index in [9.17, 15) is 18.0 Å². The molecule has 0 aliphatic rings. The number of sulfone groups is 1. The maximum absolute atomic E-state index is 11.9. The van der Waals surface area contributed by atoms with E-state index in [2.05, 4.69) is 10.1 Å². The molecule has 6 nitrogen and oxygen atoms in total. The van der Waals surface area contributed by atoms with Gasteiger partial charge >= 0.3 is 5.97 Å². The molecule has 0 saturated heterocycles. The summed E-state index contributed by atoms with van der Waals surface area (Å²) in [7, 11) is -2.47. The van der Waals surface area contributed by atoms with E-state index in [1.165, 1.54) is 21.0 Å². The van der Waals surface area contributed by atoms with Gasteiger partial charge in [-0.25, -0.2) is 8.42 Å². The first-order valence-corrected chi connectivity index (χ1v) is 7.42. The van der Waals surface area contributed by atoms with Crippen molar-refractivity contribution in [2.75, 3.05) is 12.9 Å². The Hall–Kier alpha value is -1.11. The van der Waals surface area contributed by atoms with Gasteiger partial charge in [-0.2, -0.15) is 0 Å². The molecule has 2 atom stereocenters. The number of hydrogen-bond donors (Lipinski definition) is 1. The van der Waals surface area contributed by atoms with Crippen LogP contribution in [0.2, 0.25) is 0 Å². The fourth-order valence-electron chi connectivity index (χ4n) is 1.37. The van der Waals surface area contributed by atoms with E-state index < -0.39 is 38.6 Å². The molecule has 0 rings (SSSR count). The Balaban J connectivity index is 4.73. The molecule has 2 unspecified atom stereocenters. The zero-order valence-electron chi connectivity index (χ0n) is 11.4. The lowest BCUT2D eigenvalue weighted by Gasteiger charge is -2.18. The fraction of sp³-hybridized carbons (Fsp3) is 0.818. The highest BCUT2D eigenvalue weighted by Gasteiger charge is 2.33. The van der Waals surface area contributed by atoms with E-state index in [1.54, 1.807) is 13.8 Å². The van der Waals surface area contributed by atoms with Crippen LogP contribution in [-0.2, 0) is 24.2 Å². The Kier molecular flexibility index (Phi) is 6.31. The van der Waals surface area contributed by atoms with Crippen molar-refractivity contribution in [2.24, 2.45) is 5.92 Å². The molecule has 0 aromatic rings. The van der Waals surface area contributed by atoms with E-state index >= 15 is 0 Å². The number of rotatable bonds is 6. The molecule has 0 fully saturated rings. The summed E-state index contributed by atoms with van der Waals surface area (Å²) in [5.74, 6) is -2.58. The standard InChI is InChI=1S/C11H21NO5S/c1-7(2)12-10(13)6-18(15,16)9(4)8(3)11(14)17-5/h7-9H,6H2,1-5H3,(H,12,13). The second-order valence-corrected chi connectivity index (χ2v) is 6.90. The van der Waals surface area contributed by atoms with Gasteiger partial charge in [-0.1, -0.05) is 6.92 Å². The van der Waals surface area contributed by atoms with Gasteiger partial charge in [0.1, 0.15) is 5.75 Å². The van der Waals surface area contributed by atoms with E-state index in [0.29, 0.717) is 0 Å². The topological polar surface area (TPSA) is 89.5 Å². The van der Waals surface area contributed by atoms with Gasteiger partial charge in [-0.05, 0) is 20.8 Å². The van der Waals surface area contributed by atoms with Crippen molar-refractivity contribution in [3.8, 4) is 0 Å². The number of carbonyl (C=O) groups excluding carboxylic acids is 2. The first kappa shape index (κ1) is 16.9. The number of ether oxygens (including phenoxy) is 1. The third-order valence-electron chi connectivity index (χ3n) is 2.63. The van der Waals surface area contributed by atoms with Gasteiger partial charge in [0.15, 0.2) is 9.84 Å². The summed E-state index contributed by atoms with van der Waals surface area (Å²) in [6.07, 6.45) is 0. The second kappa shape index (κ2) is 6.72. The summed E-state index contributed by atoms with van der Waals surface area (Å²) in [6, 6.07) is -0.124. The van der Waals surface area contributed by atoms with Gasteiger partial charge in [0.25, 0.3) is 0 Å². The maximum atomic E-state index is 11.9. The summed E-state index contributed by atoms with van der Waals surface area (Å²) in [5.41, 5.74) is 0. The molecule has 0 bridgehead atoms. The Labute approximate surface area is 108 Å². The van der Waals surface area contributed by atoms with E-state index in [0.717, 1.165) is 0 Å². The molecule has 106 valence electrons. The summed E-state index contributed by atoms with van der Waals surface area (Å²) in [5, 5.41) is 1.55. The zero-order chi connectivity index (χ0) is 14.5. The van der Waals surface area contributed by atoms with Crippen molar-refractivity contribution >= 4 is 21.7 Å². The predicted octanol–water partition coefficient (Wildman–Crippen LogP) is 0.123. The highest BCUT2D eigenvalue weighted by atomic mass is 32.2. The maximum Gasteiger partial charge on any atom is 0.309 e. The number of carbonyl (C=O) groups is 2. The van der Waals surface area contributed by atoms with E-state index in [-0.39, 0.29) is 6.04 Å². The largest absolute Gasteiger partial charge is 0.469 e. The average Bonchev–Trinajstić information content (AvgIpc) is 2.23. The minimum atomic E-state index is -3.67. The molecule has 0 aliphatic carbocycles. The van der Waals surface area contributed by atoms with Crippen molar-refractivity contribution in [3.63, 3.8) is 0 Å². The zero-order valence-corrected chi connectivity index (χ0v) is 12.2. The van der Waals surface area contributed by atoms with Gasteiger partial charge < -0.3 is 10.1 Å². The summed E-state index contributed by atoms with van der Waals surface area (Å²) in [6.45, 7) is 6.35. The van der Waals surface area contributed by atoms with Crippen LogP contribution >= 0.6 is 0 Å². The van der Waals surface area contributed by atoms with Crippen LogP contribution in [0.1, 0.15) is 27.7 Å². The van der Waals surface area contributed by atoms with Crippen LogP contribution in [0.5, 0.6) is 0 Å². The third-order valence-corrected chi connectivity index (χ3v) is 4.83. The van der Waals surface area contributed by atoms with Gasteiger partial charge in [0.05, 0.1) is 18.3 Å². The summed E-state index contributed by atoms with van der Waals surface area (Å²) < 4.78 is 28.3. The molecular weight excluding hydrogens is 258 g/mol. The normalized spacial score (nSPS) is 15.0. The number of esters is 1. The molecular formula is C11H21NO5S. The fourth-order valence-corrected chi connectivity index (χ4v) is 2.81. The number of methoxy groups -OCH3 is 1. The van der Waals surface area contributed by atoms with Crippen molar-refractivity contribution in [2.45, 2.75) is 39.0 Å². The Morgan fingerprint density at radius 1 is 1.17 bits per heavy atom. The van der Waals surface area contributed by atoms with Gasteiger partial charge in [-0.3, -0.25) is 9.59 Å². The highest BCUT2D eigenvalue weighted by molar-refractivity contribution is 7.92. The molecule has 1 N–H and O–H groups in total. The minimum Gasteiger partial charge on any atom is -0.469 e. The summed E-state index contributed by atoms with van der Waals surface area (Å²) >= 11 is 0. The van der Waals surface area contributed by atoms with Crippen LogP contribution in [0, 0.1) is 5.92 Å². The van der Waals surface area contributed by atoms with Crippen LogP contribution < -0.4 is 5.32 Å². The lowest BCUT2D eigenvalue weighted by atomic mass is 10.1. The number of nitrogens with one attached hydrogen (secondary N) is 1. The molecule has 0 spiro atoms. The smallest absolute Gasteiger partial charge is 0.309 e. The lowest BCUT2D eigenvalue weighted by molar-refractivity contribution is -0.144. The molecule has 7 heteroatoms. The Morgan fingerprint density at radius 2 is 1.67 bits per heavy atom. The second-order valence-electron chi connectivity index (χ2n) is 4.55. The molecule has 1 amide bonds. The summed E-state index contributed by atoms with van der Waals surface area (Å²) in [4.78, 5) is 22.7.